The summed E-state index contributed by atoms with van der Waals surface area (Å²) < 4.78 is 41.4. The summed E-state index contributed by atoms with van der Waals surface area (Å²) in [4.78, 5) is -0.593. The summed E-state index contributed by atoms with van der Waals surface area (Å²) in [6.45, 7) is 1.86. The van der Waals surface area contributed by atoms with Crippen LogP contribution in [0.25, 0.3) is 0 Å². The molecule has 0 bridgehead atoms. The average Bonchev–Trinajstić information content (AvgIpc) is 2.37. The number of sulfonamides is 1. The zero-order valence-electron chi connectivity index (χ0n) is 10.8. The van der Waals surface area contributed by atoms with E-state index in [0.717, 1.165) is 22.2 Å². The molecule has 0 saturated carbocycles. The molecule has 3 N–H and O–H groups in total. The van der Waals surface area contributed by atoms with Gasteiger partial charge in [0.1, 0.15) is 4.90 Å². The van der Waals surface area contributed by atoms with E-state index in [4.69, 9.17) is 17.3 Å². The molecule has 0 aliphatic heterocycles. The monoisotopic (exact) mass is 392 g/mol. The Labute approximate surface area is 135 Å². The quantitative estimate of drug-likeness (QED) is 0.776. The van der Waals surface area contributed by atoms with Crippen molar-refractivity contribution in [3.05, 3.63) is 51.2 Å². The predicted molar refractivity (Wildman–Crippen MR) is 85.5 cm³/mol. The van der Waals surface area contributed by atoms with Crippen LogP contribution in [0, 0.1) is 12.7 Å². The maximum absolute atomic E-state index is 13.9. The molecule has 0 fully saturated rings. The van der Waals surface area contributed by atoms with Gasteiger partial charge in [0.2, 0.25) is 0 Å². The van der Waals surface area contributed by atoms with Crippen LogP contribution in [0.4, 0.5) is 15.8 Å². The van der Waals surface area contributed by atoms with Crippen LogP contribution in [-0.2, 0) is 10.0 Å². The summed E-state index contributed by atoms with van der Waals surface area (Å²) in [5.74, 6) is -1.04. The van der Waals surface area contributed by atoms with E-state index in [1.165, 1.54) is 0 Å². The zero-order chi connectivity index (χ0) is 15.8. The third-order valence-electron chi connectivity index (χ3n) is 2.73. The molecular formula is C13H11BrClFN2O2S. The Balaban J connectivity index is 2.45. The summed E-state index contributed by atoms with van der Waals surface area (Å²) in [6.07, 6.45) is 0. The van der Waals surface area contributed by atoms with Crippen molar-refractivity contribution < 1.29 is 12.8 Å². The molecule has 2 rings (SSSR count). The minimum absolute atomic E-state index is 0.0619. The molecule has 0 unspecified atom stereocenters. The number of benzene rings is 2. The highest BCUT2D eigenvalue weighted by Gasteiger charge is 2.22. The Morgan fingerprint density at radius 2 is 1.95 bits per heavy atom. The molecule has 0 amide bonds. The first-order valence-electron chi connectivity index (χ1n) is 5.74. The lowest BCUT2D eigenvalue weighted by atomic mass is 10.2. The SMILES string of the molecule is Cc1ccc(NS(=O)(=O)c2cc(N)cc(Cl)c2F)cc1Br. The van der Waals surface area contributed by atoms with Crippen molar-refractivity contribution in [2.45, 2.75) is 11.8 Å². The highest BCUT2D eigenvalue weighted by molar-refractivity contribution is 9.10. The molecule has 21 heavy (non-hydrogen) atoms. The molecule has 0 radical (unpaired) electrons. The molecule has 0 aliphatic carbocycles. The third kappa shape index (κ3) is 3.48. The van der Waals surface area contributed by atoms with Crippen LogP contribution >= 0.6 is 27.5 Å². The molecule has 4 nitrogen and oxygen atoms in total. The summed E-state index contributed by atoms with van der Waals surface area (Å²) in [5, 5.41) is -0.347. The number of aryl methyl sites for hydroxylation is 1. The van der Waals surface area contributed by atoms with Gasteiger partial charge in [0, 0.05) is 15.8 Å². The number of halogens is 3. The molecule has 0 heterocycles. The third-order valence-corrected chi connectivity index (χ3v) is 5.24. The van der Waals surface area contributed by atoms with Gasteiger partial charge in [-0.2, -0.15) is 0 Å². The van der Waals surface area contributed by atoms with Crippen molar-refractivity contribution in [2.24, 2.45) is 0 Å². The maximum atomic E-state index is 13.9. The minimum atomic E-state index is -4.13. The zero-order valence-corrected chi connectivity index (χ0v) is 14.0. The summed E-state index contributed by atoms with van der Waals surface area (Å²) in [6, 6.07) is 7.05. The summed E-state index contributed by atoms with van der Waals surface area (Å²) in [7, 11) is -4.13. The fourth-order valence-electron chi connectivity index (χ4n) is 1.65. The van der Waals surface area contributed by atoms with Crippen molar-refractivity contribution in [2.75, 3.05) is 10.5 Å². The normalized spacial score (nSPS) is 11.4. The lowest BCUT2D eigenvalue weighted by Crippen LogP contribution is -2.15. The van der Waals surface area contributed by atoms with Crippen LogP contribution in [-0.4, -0.2) is 8.42 Å². The van der Waals surface area contributed by atoms with Crippen LogP contribution in [0.2, 0.25) is 5.02 Å². The maximum Gasteiger partial charge on any atom is 0.264 e. The molecule has 0 saturated heterocycles. The molecule has 2 aromatic rings. The van der Waals surface area contributed by atoms with Gasteiger partial charge in [-0.25, -0.2) is 12.8 Å². The minimum Gasteiger partial charge on any atom is -0.399 e. The second-order valence-electron chi connectivity index (χ2n) is 4.38. The van der Waals surface area contributed by atoms with Gasteiger partial charge in [-0.1, -0.05) is 33.6 Å². The van der Waals surface area contributed by atoms with E-state index in [2.05, 4.69) is 20.7 Å². The highest BCUT2D eigenvalue weighted by atomic mass is 79.9. The summed E-state index contributed by atoms with van der Waals surface area (Å²) in [5.41, 5.74) is 6.81. The van der Waals surface area contributed by atoms with Crippen LogP contribution in [0.15, 0.2) is 39.7 Å². The van der Waals surface area contributed by atoms with Crippen molar-refractivity contribution in [1.82, 2.24) is 0 Å². The number of nitrogens with one attached hydrogen (secondary N) is 1. The first kappa shape index (κ1) is 16.1. The van der Waals surface area contributed by atoms with E-state index in [1.807, 2.05) is 6.92 Å². The summed E-state index contributed by atoms with van der Waals surface area (Å²) >= 11 is 8.92. The van der Waals surface area contributed by atoms with E-state index in [0.29, 0.717) is 5.69 Å². The molecule has 2 aromatic carbocycles. The van der Waals surface area contributed by atoms with Crippen molar-refractivity contribution >= 4 is 48.9 Å². The Bertz CT molecular complexity index is 812. The molecular weight excluding hydrogens is 383 g/mol. The lowest BCUT2D eigenvalue weighted by Gasteiger charge is -2.11. The van der Waals surface area contributed by atoms with E-state index in [1.54, 1.807) is 18.2 Å². The highest BCUT2D eigenvalue weighted by Crippen LogP contribution is 2.28. The second-order valence-corrected chi connectivity index (χ2v) is 7.30. The number of nitrogens with two attached hydrogens (primary N) is 1. The Morgan fingerprint density at radius 3 is 2.57 bits per heavy atom. The predicted octanol–water partition coefficient (Wildman–Crippen LogP) is 3.93. The van der Waals surface area contributed by atoms with Crippen LogP contribution in [0.5, 0.6) is 0 Å². The van der Waals surface area contributed by atoms with Gasteiger partial charge in [-0.15, -0.1) is 0 Å². The van der Waals surface area contributed by atoms with Gasteiger partial charge in [-0.05, 0) is 36.8 Å². The average molecular weight is 394 g/mol. The lowest BCUT2D eigenvalue weighted by molar-refractivity contribution is 0.571. The van der Waals surface area contributed by atoms with Crippen molar-refractivity contribution in [1.29, 1.82) is 0 Å². The van der Waals surface area contributed by atoms with Crippen LogP contribution in [0.3, 0.4) is 0 Å². The van der Waals surface area contributed by atoms with Crippen LogP contribution < -0.4 is 10.5 Å². The molecule has 0 aliphatic rings. The van der Waals surface area contributed by atoms with E-state index >= 15 is 0 Å². The second kappa shape index (κ2) is 5.82. The molecule has 112 valence electrons. The van der Waals surface area contributed by atoms with Gasteiger partial charge >= 0.3 is 0 Å². The number of anilines is 2. The smallest absolute Gasteiger partial charge is 0.264 e. The molecule has 8 heteroatoms. The Morgan fingerprint density at radius 1 is 1.29 bits per heavy atom. The molecule has 0 atom stereocenters. The fourth-order valence-corrected chi connectivity index (χ4v) is 3.49. The van der Waals surface area contributed by atoms with Crippen LogP contribution in [0.1, 0.15) is 5.56 Å². The largest absolute Gasteiger partial charge is 0.399 e. The van der Waals surface area contributed by atoms with Gasteiger partial charge in [-0.3, -0.25) is 4.72 Å². The van der Waals surface area contributed by atoms with Gasteiger partial charge in [0.15, 0.2) is 5.82 Å². The first-order valence-corrected chi connectivity index (χ1v) is 8.39. The first-order chi connectivity index (χ1) is 9.70. The molecule has 0 aromatic heterocycles. The number of rotatable bonds is 3. The van der Waals surface area contributed by atoms with Crippen molar-refractivity contribution in [3.63, 3.8) is 0 Å². The topological polar surface area (TPSA) is 72.2 Å². The van der Waals surface area contributed by atoms with E-state index < -0.39 is 20.7 Å². The molecule has 0 spiro atoms. The fraction of sp³-hybridized carbons (Fsp3) is 0.0769. The van der Waals surface area contributed by atoms with Gasteiger partial charge < -0.3 is 5.73 Å². The van der Waals surface area contributed by atoms with Gasteiger partial charge in [0.25, 0.3) is 10.0 Å². The number of hydrogen-bond acceptors (Lipinski definition) is 3. The number of nitrogen functional groups attached to an aromatic ring is 1. The van der Waals surface area contributed by atoms with E-state index in [-0.39, 0.29) is 10.7 Å². The Kier molecular flexibility index (Phi) is 4.46. The van der Waals surface area contributed by atoms with Gasteiger partial charge in [0.05, 0.1) is 5.02 Å². The standard InChI is InChI=1S/C13H11BrClFN2O2S/c1-7-2-3-9(6-10(7)14)18-21(19,20)12-5-8(17)4-11(15)13(12)16/h2-6,18H,17H2,1H3. The number of hydrogen-bond donors (Lipinski definition) is 2. The van der Waals surface area contributed by atoms with Crippen molar-refractivity contribution in [3.8, 4) is 0 Å². The van der Waals surface area contributed by atoms with E-state index in [9.17, 15) is 12.8 Å². The Hall–Kier alpha value is -1.31.